The van der Waals surface area contributed by atoms with Gasteiger partial charge in [-0.25, -0.2) is 15.0 Å². The van der Waals surface area contributed by atoms with E-state index in [1.165, 1.54) is 0 Å². The van der Waals surface area contributed by atoms with Crippen molar-refractivity contribution in [2.75, 3.05) is 27.4 Å². The van der Waals surface area contributed by atoms with Gasteiger partial charge in [0, 0.05) is 46.8 Å². The maximum absolute atomic E-state index is 12.9. The number of anilines is 6. The van der Waals surface area contributed by atoms with Gasteiger partial charge in [0.2, 0.25) is 11.8 Å². The smallest absolute Gasteiger partial charge is 0.229 e. The van der Waals surface area contributed by atoms with Crippen molar-refractivity contribution in [1.82, 2.24) is 15.0 Å². The Labute approximate surface area is 222 Å². The van der Waals surface area contributed by atoms with Crippen LogP contribution in [0.25, 0.3) is 0 Å². The second-order valence-corrected chi connectivity index (χ2v) is 9.52. The van der Waals surface area contributed by atoms with Crippen molar-refractivity contribution in [1.29, 1.82) is 0 Å². The molecule has 4 aromatic rings. The largest absolute Gasteiger partial charge is 0.340 e. The Balaban J connectivity index is 1.20. The van der Waals surface area contributed by atoms with Crippen LogP contribution in [0.5, 0.6) is 0 Å². The monoisotopic (exact) mass is 557 g/mol. The molecule has 3 heterocycles. The number of pyridine rings is 1. The number of halogens is 1. The van der Waals surface area contributed by atoms with E-state index in [9.17, 15) is 9.59 Å². The molecule has 3 N–H and O–H groups in total. The van der Waals surface area contributed by atoms with Crippen LogP contribution in [-0.4, -0.2) is 33.3 Å². The third-order valence-electron chi connectivity index (χ3n) is 5.80. The molecule has 0 saturated carbocycles. The first kappa shape index (κ1) is 24.4. The van der Waals surface area contributed by atoms with Gasteiger partial charge in [0.05, 0.1) is 5.92 Å². The number of rotatable bonds is 7. The van der Waals surface area contributed by atoms with Crippen LogP contribution in [0.1, 0.15) is 12.2 Å². The van der Waals surface area contributed by atoms with Gasteiger partial charge >= 0.3 is 0 Å². The summed E-state index contributed by atoms with van der Waals surface area (Å²) in [4.78, 5) is 40.2. The number of carbonyl (C=O) groups excluding carboxylic acids is 2. The van der Waals surface area contributed by atoms with Crippen LogP contribution in [0.4, 0.5) is 34.5 Å². The highest BCUT2D eigenvalue weighted by Crippen LogP contribution is 2.28. The van der Waals surface area contributed by atoms with E-state index in [1.807, 2.05) is 73.7 Å². The molecule has 37 heavy (non-hydrogen) atoms. The van der Waals surface area contributed by atoms with E-state index in [0.717, 1.165) is 15.8 Å². The van der Waals surface area contributed by atoms with Crippen molar-refractivity contribution in [3.05, 3.63) is 89.3 Å². The summed E-state index contributed by atoms with van der Waals surface area (Å²) in [5.41, 5.74) is 2.24. The number of hydrogen-bond donors (Lipinski definition) is 3. The summed E-state index contributed by atoms with van der Waals surface area (Å²) in [7, 11) is 0. The molecule has 1 atom stereocenters. The van der Waals surface area contributed by atoms with Crippen LogP contribution in [-0.2, 0) is 9.59 Å². The van der Waals surface area contributed by atoms with E-state index in [1.54, 1.807) is 17.2 Å². The number of nitrogens with zero attached hydrogens (tertiary/aromatic N) is 4. The standard InChI is InChI=1S/C27H24BrN7O2/c1-17-30-24(15-25(31-17)34-23-7-2-3-12-29-23)32-20-8-10-21(11-9-20)33-27(37)18-13-26(36)35(16-18)22-6-4-5-19(28)14-22/h2-12,14-15,18H,13,16H2,1H3,(H,33,37)(H2,29,30,31,32,34). The van der Waals surface area contributed by atoms with Crippen LogP contribution in [0, 0.1) is 12.8 Å². The molecule has 1 aliphatic rings. The van der Waals surface area contributed by atoms with Gasteiger partial charge in [-0.05, 0) is 61.5 Å². The van der Waals surface area contributed by atoms with Crippen molar-refractivity contribution in [3.8, 4) is 0 Å². The number of nitrogens with one attached hydrogen (secondary N) is 3. The highest BCUT2D eigenvalue weighted by atomic mass is 79.9. The quantitative estimate of drug-likeness (QED) is 0.278. The van der Waals surface area contributed by atoms with E-state index in [4.69, 9.17) is 0 Å². The lowest BCUT2D eigenvalue weighted by Crippen LogP contribution is -2.28. The lowest BCUT2D eigenvalue weighted by Gasteiger charge is -2.17. The molecule has 1 saturated heterocycles. The third-order valence-corrected chi connectivity index (χ3v) is 6.29. The first-order valence-corrected chi connectivity index (χ1v) is 12.5. The van der Waals surface area contributed by atoms with Gasteiger partial charge in [0.15, 0.2) is 0 Å². The Morgan fingerprint density at radius 1 is 0.919 bits per heavy atom. The Morgan fingerprint density at radius 2 is 1.68 bits per heavy atom. The Kier molecular flexibility index (Phi) is 7.09. The van der Waals surface area contributed by atoms with Crippen molar-refractivity contribution in [2.24, 2.45) is 5.92 Å². The predicted molar refractivity (Wildman–Crippen MR) is 147 cm³/mol. The van der Waals surface area contributed by atoms with E-state index in [-0.39, 0.29) is 18.2 Å². The van der Waals surface area contributed by atoms with Crippen LogP contribution in [0.3, 0.4) is 0 Å². The first-order chi connectivity index (χ1) is 17.9. The van der Waals surface area contributed by atoms with Gasteiger partial charge < -0.3 is 20.9 Å². The van der Waals surface area contributed by atoms with E-state index in [2.05, 4.69) is 46.8 Å². The lowest BCUT2D eigenvalue weighted by molar-refractivity contribution is -0.122. The number of amides is 2. The average molecular weight is 558 g/mol. The summed E-state index contributed by atoms with van der Waals surface area (Å²) in [5.74, 6) is 1.89. The molecule has 0 spiro atoms. The maximum Gasteiger partial charge on any atom is 0.229 e. The van der Waals surface area contributed by atoms with Gasteiger partial charge in [-0.15, -0.1) is 0 Å². The topological polar surface area (TPSA) is 112 Å². The minimum Gasteiger partial charge on any atom is -0.340 e. The van der Waals surface area contributed by atoms with E-state index in [0.29, 0.717) is 35.5 Å². The summed E-state index contributed by atoms with van der Waals surface area (Å²) < 4.78 is 0.886. The van der Waals surface area contributed by atoms with Crippen molar-refractivity contribution >= 4 is 62.3 Å². The second kappa shape index (κ2) is 10.8. The lowest BCUT2D eigenvalue weighted by atomic mass is 10.1. The van der Waals surface area contributed by atoms with E-state index >= 15 is 0 Å². The molecular formula is C27H24BrN7O2. The zero-order valence-corrected chi connectivity index (χ0v) is 21.6. The summed E-state index contributed by atoms with van der Waals surface area (Å²) >= 11 is 3.43. The van der Waals surface area contributed by atoms with Crippen molar-refractivity contribution in [2.45, 2.75) is 13.3 Å². The normalized spacial score (nSPS) is 14.9. The molecular weight excluding hydrogens is 534 g/mol. The van der Waals surface area contributed by atoms with Crippen molar-refractivity contribution < 1.29 is 9.59 Å². The third kappa shape index (κ3) is 6.10. The average Bonchev–Trinajstić information content (AvgIpc) is 3.27. The zero-order chi connectivity index (χ0) is 25.8. The summed E-state index contributed by atoms with van der Waals surface area (Å²) in [6.45, 7) is 2.17. The highest BCUT2D eigenvalue weighted by molar-refractivity contribution is 9.10. The molecule has 186 valence electrons. The molecule has 2 aromatic carbocycles. The summed E-state index contributed by atoms with van der Waals surface area (Å²) in [6, 6.07) is 22.2. The fourth-order valence-electron chi connectivity index (χ4n) is 4.07. The minimum absolute atomic E-state index is 0.0603. The maximum atomic E-state index is 12.9. The molecule has 10 heteroatoms. The number of aromatic nitrogens is 3. The van der Waals surface area contributed by atoms with Crippen LogP contribution >= 0.6 is 15.9 Å². The number of aryl methyl sites for hydroxylation is 1. The van der Waals surface area contributed by atoms with E-state index < -0.39 is 5.92 Å². The van der Waals surface area contributed by atoms with Crippen LogP contribution < -0.4 is 20.9 Å². The molecule has 0 aliphatic carbocycles. The van der Waals surface area contributed by atoms with Gasteiger partial charge in [0.1, 0.15) is 23.3 Å². The molecule has 0 bridgehead atoms. The SMILES string of the molecule is Cc1nc(Nc2ccc(NC(=O)C3CC(=O)N(c4cccc(Br)c4)C3)cc2)cc(Nc2ccccn2)n1. The Morgan fingerprint density at radius 3 is 2.41 bits per heavy atom. The number of benzene rings is 2. The van der Waals surface area contributed by atoms with Gasteiger partial charge in [-0.2, -0.15) is 0 Å². The molecule has 9 nitrogen and oxygen atoms in total. The van der Waals surface area contributed by atoms with Gasteiger partial charge in [0.25, 0.3) is 0 Å². The Hall–Kier alpha value is -4.31. The number of hydrogen-bond acceptors (Lipinski definition) is 7. The minimum atomic E-state index is -0.418. The van der Waals surface area contributed by atoms with Crippen LogP contribution in [0.15, 0.2) is 83.5 Å². The molecule has 0 radical (unpaired) electrons. The first-order valence-electron chi connectivity index (χ1n) is 11.7. The highest BCUT2D eigenvalue weighted by Gasteiger charge is 2.35. The molecule has 1 aliphatic heterocycles. The molecule has 2 aromatic heterocycles. The molecule has 1 fully saturated rings. The fourth-order valence-corrected chi connectivity index (χ4v) is 4.46. The van der Waals surface area contributed by atoms with Gasteiger partial charge in [-0.3, -0.25) is 9.59 Å². The molecule has 5 rings (SSSR count). The fraction of sp³-hybridized carbons (Fsp3) is 0.148. The van der Waals surface area contributed by atoms with Crippen molar-refractivity contribution in [3.63, 3.8) is 0 Å². The predicted octanol–water partition coefficient (Wildman–Crippen LogP) is 5.42. The molecule has 1 unspecified atom stereocenters. The zero-order valence-electron chi connectivity index (χ0n) is 20.0. The number of carbonyl (C=O) groups is 2. The van der Waals surface area contributed by atoms with Gasteiger partial charge in [-0.1, -0.05) is 28.1 Å². The second-order valence-electron chi connectivity index (χ2n) is 8.60. The summed E-state index contributed by atoms with van der Waals surface area (Å²) in [5, 5.41) is 9.36. The summed E-state index contributed by atoms with van der Waals surface area (Å²) in [6.07, 6.45) is 1.89. The molecule has 2 amide bonds. The van der Waals surface area contributed by atoms with Crippen LogP contribution in [0.2, 0.25) is 0 Å². The Bertz CT molecular complexity index is 1430.